The number of benzene rings is 1. The largest absolute Gasteiger partial charge is 0.459 e. The summed E-state index contributed by atoms with van der Waals surface area (Å²) in [5.41, 5.74) is 1.77. The minimum atomic E-state index is -0.573. The summed E-state index contributed by atoms with van der Waals surface area (Å²) in [5.74, 6) is -0.550. The molecule has 3 atom stereocenters. The lowest BCUT2D eigenvalue weighted by Gasteiger charge is -2.36. The number of hydrogen-bond acceptors (Lipinski definition) is 5. The highest BCUT2D eigenvalue weighted by molar-refractivity contribution is 7.08. The van der Waals surface area contributed by atoms with Gasteiger partial charge in [-0.15, -0.1) is 0 Å². The molecule has 0 bridgehead atoms. The first-order valence-electron chi connectivity index (χ1n) is 9.78. The van der Waals surface area contributed by atoms with Crippen LogP contribution in [0.4, 0.5) is 4.39 Å². The van der Waals surface area contributed by atoms with Crippen molar-refractivity contribution in [1.29, 1.82) is 0 Å². The lowest BCUT2D eigenvalue weighted by molar-refractivity contribution is -0.166. The molecule has 5 nitrogen and oxygen atoms in total. The van der Waals surface area contributed by atoms with E-state index in [0.29, 0.717) is 18.6 Å². The molecule has 156 valence electrons. The maximum Gasteiger partial charge on any atom is 0.286 e. The number of allylic oxidation sites excluding steroid dienone is 1. The molecule has 0 fully saturated rings. The van der Waals surface area contributed by atoms with Crippen LogP contribution in [0.25, 0.3) is 0 Å². The van der Waals surface area contributed by atoms with Crippen LogP contribution in [0.1, 0.15) is 36.8 Å². The fraction of sp³-hybridized carbons (Fsp3) is 0.409. The highest BCUT2D eigenvalue weighted by Crippen LogP contribution is 2.40. The van der Waals surface area contributed by atoms with Crippen molar-refractivity contribution in [2.45, 2.75) is 38.5 Å². The number of ether oxygens (including phenoxy) is 2. The third-order valence-corrected chi connectivity index (χ3v) is 5.61. The Kier molecular flexibility index (Phi) is 7.80. The first kappa shape index (κ1) is 21.5. The smallest absolute Gasteiger partial charge is 0.286 e. The van der Waals surface area contributed by atoms with E-state index in [0.717, 1.165) is 12.0 Å². The lowest BCUT2D eigenvalue weighted by Crippen LogP contribution is -2.38. The van der Waals surface area contributed by atoms with Gasteiger partial charge in [-0.2, -0.15) is 11.3 Å². The Morgan fingerprint density at radius 1 is 1.38 bits per heavy atom. The minimum Gasteiger partial charge on any atom is -0.459 e. The minimum absolute atomic E-state index is 0.00327. The number of aliphatic hydroxyl groups excluding tert-OH is 1. The summed E-state index contributed by atoms with van der Waals surface area (Å²) in [7, 11) is 0. The van der Waals surface area contributed by atoms with Gasteiger partial charge in [0.2, 0.25) is 6.29 Å². The Hall–Kier alpha value is -2.22. The summed E-state index contributed by atoms with van der Waals surface area (Å²) in [6, 6.07) is 8.15. The Balaban J connectivity index is 1.79. The third-order valence-electron chi connectivity index (χ3n) is 4.91. The van der Waals surface area contributed by atoms with Gasteiger partial charge in [-0.05, 0) is 65.9 Å². The highest BCUT2D eigenvalue weighted by atomic mass is 32.1. The van der Waals surface area contributed by atoms with E-state index in [-0.39, 0.29) is 42.5 Å². The van der Waals surface area contributed by atoms with Crippen LogP contribution in [0, 0.1) is 11.7 Å². The second kappa shape index (κ2) is 10.5. The van der Waals surface area contributed by atoms with Gasteiger partial charge in [-0.1, -0.05) is 12.1 Å². The normalized spacial score (nSPS) is 21.3. The molecule has 2 aromatic rings. The molecule has 29 heavy (non-hydrogen) atoms. The van der Waals surface area contributed by atoms with Gasteiger partial charge >= 0.3 is 0 Å². The van der Waals surface area contributed by atoms with Crippen molar-refractivity contribution in [3.63, 3.8) is 0 Å². The number of aliphatic hydroxyl groups is 1. The summed E-state index contributed by atoms with van der Waals surface area (Å²) < 4.78 is 25.1. The fourth-order valence-corrected chi connectivity index (χ4v) is 4.23. The second-order valence-corrected chi connectivity index (χ2v) is 7.68. The summed E-state index contributed by atoms with van der Waals surface area (Å²) in [4.78, 5) is 12.8. The van der Waals surface area contributed by atoms with Crippen LogP contribution in [0.2, 0.25) is 0 Å². The third kappa shape index (κ3) is 5.65. The van der Waals surface area contributed by atoms with Crippen molar-refractivity contribution in [2.75, 3.05) is 13.2 Å². The van der Waals surface area contributed by atoms with E-state index in [1.165, 1.54) is 12.1 Å². The number of nitrogens with one attached hydrogen (secondary N) is 1. The summed E-state index contributed by atoms with van der Waals surface area (Å²) >= 11 is 1.60. The molecule has 0 spiro atoms. The van der Waals surface area contributed by atoms with Crippen LogP contribution >= 0.6 is 11.3 Å². The Morgan fingerprint density at radius 3 is 2.93 bits per heavy atom. The molecule has 1 aromatic heterocycles. The number of rotatable bonds is 9. The first-order chi connectivity index (χ1) is 14.1. The number of halogens is 1. The van der Waals surface area contributed by atoms with Gasteiger partial charge in [0.25, 0.3) is 5.91 Å². The van der Waals surface area contributed by atoms with Crippen LogP contribution < -0.4 is 5.32 Å². The van der Waals surface area contributed by atoms with Crippen molar-refractivity contribution in [1.82, 2.24) is 5.32 Å². The number of carbonyl (C=O) groups is 1. The maximum absolute atomic E-state index is 13.4. The first-order valence-corrected chi connectivity index (χ1v) is 10.7. The Labute approximate surface area is 174 Å². The number of thiophene rings is 1. The number of amides is 1. The number of carbonyl (C=O) groups excluding carboxylic acids is 1. The highest BCUT2D eigenvalue weighted by Gasteiger charge is 2.37. The van der Waals surface area contributed by atoms with Gasteiger partial charge in [0.15, 0.2) is 5.76 Å². The van der Waals surface area contributed by atoms with Gasteiger partial charge in [0, 0.05) is 31.6 Å². The van der Waals surface area contributed by atoms with Crippen molar-refractivity contribution in [2.24, 2.45) is 5.92 Å². The van der Waals surface area contributed by atoms with E-state index in [2.05, 4.69) is 10.7 Å². The zero-order valence-electron chi connectivity index (χ0n) is 16.3. The molecule has 1 aromatic carbocycles. The molecule has 0 saturated carbocycles. The molecular formula is C22H26FNO4S. The van der Waals surface area contributed by atoms with E-state index in [4.69, 9.17) is 9.47 Å². The molecule has 2 heterocycles. The van der Waals surface area contributed by atoms with Crippen molar-refractivity contribution in [3.8, 4) is 0 Å². The molecule has 0 unspecified atom stereocenters. The number of hydrogen-bond donors (Lipinski definition) is 2. The van der Waals surface area contributed by atoms with Gasteiger partial charge in [0.05, 0.1) is 0 Å². The molecule has 1 aliphatic rings. The molecule has 7 heteroatoms. The SMILES string of the molecule is CCO[C@H]1OC(C(=O)NCc2cccc(F)c2)=C[C@@H](c2ccsc2)[C@H]1CCCO. The second-order valence-electron chi connectivity index (χ2n) is 6.90. The maximum atomic E-state index is 13.4. The molecule has 0 saturated heterocycles. The van der Waals surface area contributed by atoms with E-state index in [9.17, 15) is 14.3 Å². The monoisotopic (exact) mass is 419 g/mol. The molecule has 0 radical (unpaired) electrons. The summed E-state index contributed by atoms with van der Waals surface area (Å²) in [5, 5.41) is 16.1. The van der Waals surface area contributed by atoms with Crippen LogP contribution in [0.3, 0.4) is 0 Å². The Morgan fingerprint density at radius 2 is 2.24 bits per heavy atom. The van der Waals surface area contributed by atoms with Crippen LogP contribution in [-0.2, 0) is 20.8 Å². The zero-order valence-corrected chi connectivity index (χ0v) is 17.2. The summed E-state index contributed by atoms with van der Waals surface area (Å²) in [6.07, 6.45) is 2.61. The van der Waals surface area contributed by atoms with Crippen molar-refractivity contribution in [3.05, 3.63) is 69.9 Å². The van der Waals surface area contributed by atoms with Gasteiger partial charge in [-0.3, -0.25) is 4.79 Å². The molecular weight excluding hydrogens is 393 g/mol. The van der Waals surface area contributed by atoms with Crippen molar-refractivity contribution >= 4 is 17.2 Å². The predicted octanol–water partition coefficient (Wildman–Crippen LogP) is 3.95. The fourth-order valence-electron chi connectivity index (χ4n) is 3.53. The van der Waals surface area contributed by atoms with Crippen LogP contribution in [0.15, 0.2) is 52.9 Å². The van der Waals surface area contributed by atoms with E-state index in [1.54, 1.807) is 23.5 Å². The van der Waals surface area contributed by atoms with E-state index < -0.39 is 6.29 Å². The predicted molar refractivity (Wildman–Crippen MR) is 110 cm³/mol. The van der Waals surface area contributed by atoms with E-state index in [1.807, 2.05) is 24.4 Å². The molecule has 1 aliphatic heterocycles. The quantitative estimate of drug-likeness (QED) is 0.646. The van der Waals surface area contributed by atoms with Crippen LogP contribution in [-0.4, -0.2) is 30.5 Å². The topological polar surface area (TPSA) is 67.8 Å². The molecule has 3 rings (SSSR count). The summed E-state index contributed by atoms with van der Waals surface area (Å²) in [6.45, 7) is 2.63. The van der Waals surface area contributed by atoms with Crippen LogP contribution in [0.5, 0.6) is 0 Å². The average Bonchev–Trinajstić information content (AvgIpc) is 3.25. The van der Waals surface area contributed by atoms with Gasteiger partial charge in [0.1, 0.15) is 5.82 Å². The van der Waals surface area contributed by atoms with E-state index >= 15 is 0 Å². The Bertz CT molecular complexity index is 824. The zero-order chi connectivity index (χ0) is 20.6. The standard InChI is InChI=1S/C22H26FNO4S/c1-2-27-22-18(7-4-9-25)19(16-8-10-29-14-16)12-20(28-22)21(26)24-13-15-5-3-6-17(23)11-15/h3,5-6,8,10-12,14,18-19,22,25H,2,4,7,9,13H2,1H3,(H,24,26)/t18-,19+,22+/m1/s1. The van der Waals surface area contributed by atoms with Crippen molar-refractivity contribution < 1.29 is 23.8 Å². The lowest BCUT2D eigenvalue weighted by atomic mass is 9.81. The molecule has 1 amide bonds. The molecule has 0 aliphatic carbocycles. The van der Waals surface area contributed by atoms with Gasteiger partial charge < -0.3 is 19.9 Å². The average molecular weight is 420 g/mol. The molecule has 2 N–H and O–H groups in total. The van der Waals surface area contributed by atoms with Gasteiger partial charge in [-0.25, -0.2) is 4.39 Å².